The Morgan fingerprint density at radius 2 is 2.38 bits per heavy atom. The van der Waals surface area contributed by atoms with E-state index in [0.717, 1.165) is 5.56 Å². The number of nitrogens with zero attached hydrogens (tertiary/aromatic N) is 1. The van der Waals surface area contributed by atoms with Gasteiger partial charge in [0.15, 0.2) is 5.69 Å². The molecule has 4 heteroatoms. The Balaban J connectivity index is 2.48. The second-order valence-corrected chi connectivity index (χ2v) is 2.61. The van der Waals surface area contributed by atoms with E-state index in [-0.39, 0.29) is 5.69 Å². The van der Waals surface area contributed by atoms with Crippen LogP contribution in [0.1, 0.15) is 16.1 Å². The zero-order valence-corrected chi connectivity index (χ0v) is 6.73. The van der Waals surface area contributed by atoms with Gasteiger partial charge in [0.05, 0.1) is 0 Å². The summed E-state index contributed by atoms with van der Waals surface area (Å²) in [6, 6.07) is 3.14. The fraction of sp³-hybridized carbons (Fsp3) is 0.111. The number of carboxylic acid groups (broad SMARTS) is 1. The Morgan fingerprint density at radius 3 is 3.15 bits per heavy atom. The number of carboxylic acids is 1. The van der Waals surface area contributed by atoms with Crippen LogP contribution in [0.4, 0.5) is 0 Å². The number of carbonyl (C=O) groups is 1. The van der Waals surface area contributed by atoms with E-state index in [1.807, 2.05) is 12.2 Å². The van der Waals surface area contributed by atoms with Gasteiger partial charge in [-0.1, -0.05) is 6.08 Å². The van der Waals surface area contributed by atoms with Crippen molar-refractivity contribution in [3.63, 3.8) is 0 Å². The van der Waals surface area contributed by atoms with Crippen molar-refractivity contribution in [3.05, 3.63) is 29.5 Å². The molecule has 4 nitrogen and oxygen atoms in total. The summed E-state index contributed by atoms with van der Waals surface area (Å²) in [4.78, 5) is 14.4. The lowest BCUT2D eigenvalue weighted by Crippen LogP contribution is -2.07. The lowest BCUT2D eigenvalue weighted by Gasteiger charge is -2.10. The molecular weight excluding hydrogens is 170 g/mol. The maximum absolute atomic E-state index is 10.6. The van der Waals surface area contributed by atoms with Crippen LogP contribution in [0.2, 0.25) is 0 Å². The van der Waals surface area contributed by atoms with E-state index in [0.29, 0.717) is 12.5 Å². The smallest absolute Gasteiger partial charge is 0.354 e. The van der Waals surface area contributed by atoms with E-state index in [1.165, 1.54) is 6.07 Å². The topological polar surface area (TPSA) is 59.4 Å². The largest absolute Gasteiger partial charge is 0.477 e. The van der Waals surface area contributed by atoms with Gasteiger partial charge >= 0.3 is 5.97 Å². The third-order valence-corrected chi connectivity index (χ3v) is 1.72. The van der Waals surface area contributed by atoms with Crippen LogP contribution in [-0.4, -0.2) is 22.7 Å². The van der Waals surface area contributed by atoms with Gasteiger partial charge < -0.3 is 9.84 Å². The molecule has 2 heterocycles. The summed E-state index contributed by atoms with van der Waals surface area (Å²) in [5.74, 6) is -0.650. The van der Waals surface area contributed by atoms with E-state index in [2.05, 4.69) is 4.98 Å². The first kappa shape index (κ1) is 7.79. The molecule has 0 radical (unpaired) electrons. The standard InChI is InChI=1S/C9H7NO3/c11-9(12)7-4-3-6-2-1-5-13-8(6)10-7/h1-4H,5H2,(H,11,12). The lowest BCUT2D eigenvalue weighted by atomic mass is 10.2. The van der Waals surface area contributed by atoms with Crippen LogP contribution in [0.3, 0.4) is 0 Å². The van der Waals surface area contributed by atoms with Crippen LogP contribution in [0.5, 0.6) is 5.88 Å². The first-order valence-electron chi connectivity index (χ1n) is 3.81. The second-order valence-electron chi connectivity index (χ2n) is 2.61. The highest BCUT2D eigenvalue weighted by molar-refractivity contribution is 5.85. The van der Waals surface area contributed by atoms with Crippen LogP contribution in [0.25, 0.3) is 6.08 Å². The van der Waals surface area contributed by atoms with E-state index in [1.54, 1.807) is 6.07 Å². The maximum atomic E-state index is 10.6. The SMILES string of the molecule is O=C(O)c1ccc2c(n1)OCC=C2. The fourth-order valence-electron chi connectivity index (χ4n) is 1.11. The Bertz CT molecular complexity index is 384. The number of aromatic nitrogens is 1. The highest BCUT2D eigenvalue weighted by atomic mass is 16.5. The normalized spacial score (nSPS) is 13.2. The molecule has 0 bridgehead atoms. The van der Waals surface area contributed by atoms with Crippen LogP contribution in [-0.2, 0) is 0 Å². The fourth-order valence-corrected chi connectivity index (χ4v) is 1.11. The Labute approximate surface area is 74.5 Å². The molecule has 66 valence electrons. The van der Waals surface area contributed by atoms with E-state index < -0.39 is 5.97 Å². The first-order chi connectivity index (χ1) is 6.27. The highest BCUT2D eigenvalue weighted by Gasteiger charge is 2.11. The highest BCUT2D eigenvalue weighted by Crippen LogP contribution is 2.20. The van der Waals surface area contributed by atoms with E-state index in [4.69, 9.17) is 9.84 Å². The van der Waals surface area contributed by atoms with Gasteiger partial charge in [0.2, 0.25) is 5.88 Å². The second kappa shape index (κ2) is 2.90. The minimum absolute atomic E-state index is 0.00838. The Kier molecular flexibility index (Phi) is 1.73. The van der Waals surface area contributed by atoms with Crippen molar-refractivity contribution in [1.29, 1.82) is 0 Å². The number of pyridine rings is 1. The molecule has 13 heavy (non-hydrogen) atoms. The average molecular weight is 177 g/mol. The summed E-state index contributed by atoms with van der Waals surface area (Å²) in [5.41, 5.74) is 0.824. The molecule has 0 aliphatic carbocycles. The molecule has 0 amide bonds. The molecule has 1 aromatic rings. The summed E-state index contributed by atoms with van der Waals surface area (Å²) in [5, 5.41) is 8.65. The molecule has 0 saturated heterocycles. The van der Waals surface area contributed by atoms with Gasteiger partial charge in [-0.2, -0.15) is 0 Å². The summed E-state index contributed by atoms with van der Waals surface area (Å²) in [6.45, 7) is 0.447. The van der Waals surface area contributed by atoms with Crippen molar-refractivity contribution >= 4 is 12.0 Å². The summed E-state index contributed by atoms with van der Waals surface area (Å²) >= 11 is 0. The number of aromatic carboxylic acids is 1. The van der Waals surface area contributed by atoms with Crippen LogP contribution in [0.15, 0.2) is 18.2 Å². The van der Waals surface area contributed by atoms with Crippen molar-refractivity contribution in [2.45, 2.75) is 0 Å². The molecule has 0 atom stereocenters. The molecule has 1 aliphatic rings. The molecule has 2 rings (SSSR count). The summed E-state index contributed by atoms with van der Waals surface area (Å²) in [6.07, 6.45) is 3.71. The Hall–Kier alpha value is -1.84. The number of fused-ring (bicyclic) bond motifs is 1. The number of ether oxygens (including phenoxy) is 1. The zero-order chi connectivity index (χ0) is 9.26. The average Bonchev–Trinajstić information content (AvgIpc) is 2.17. The number of hydrogen-bond donors (Lipinski definition) is 1. The van der Waals surface area contributed by atoms with Crippen molar-refractivity contribution in [2.75, 3.05) is 6.61 Å². The molecule has 0 fully saturated rings. The minimum Gasteiger partial charge on any atom is -0.477 e. The van der Waals surface area contributed by atoms with Gasteiger partial charge in [0, 0.05) is 5.56 Å². The monoisotopic (exact) mass is 177 g/mol. The van der Waals surface area contributed by atoms with Gasteiger partial charge in [-0.25, -0.2) is 9.78 Å². The molecule has 0 saturated carbocycles. The zero-order valence-electron chi connectivity index (χ0n) is 6.73. The Morgan fingerprint density at radius 1 is 1.54 bits per heavy atom. The van der Waals surface area contributed by atoms with E-state index in [9.17, 15) is 4.79 Å². The van der Waals surface area contributed by atoms with Crippen molar-refractivity contribution < 1.29 is 14.6 Å². The van der Waals surface area contributed by atoms with Gasteiger partial charge in [0.25, 0.3) is 0 Å². The van der Waals surface area contributed by atoms with Gasteiger partial charge in [-0.05, 0) is 18.2 Å². The molecule has 0 spiro atoms. The molecule has 0 unspecified atom stereocenters. The minimum atomic E-state index is -1.04. The molecule has 1 N–H and O–H groups in total. The van der Waals surface area contributed by atoms with Crippen LogP contribution < -0.4 is 4.74 Å². The first-order valence-corrected chi connectivity index (χ1v) is 3.81. The predicted octanol–water partition coefficient (Wildman–Crippen LogP) is 1.19. The van der Waals surface area contributed by atoms with Gasteiger partial charge in [-0.3, -0.25) is 0 Å². The third-order valence-electron chi connectivity index (χ3n) is 1.72. The number of rotatable bonds is 1. The van der Waals surface area contributed by atoms with E-state index >= 15 is 0 Å². The van der Waals surface area contributed by atoms with Crippen molar-refractivity contribution in [1.82, 2.24) is 4.98 Å². The van der Waals surface area contributed by atoms with Crippen LogP contribution in [0, 0.1) is 0 Å². The van der Waals surface area contributed by atoms with Crippen LogP contribution >= 0.6 is 0 Å². The number of hydrogen-bond acceptors (Lipinski definition) is 3. The molecule has 1 aromatic heterocycles. The maximum Gasteiger partial charge on any atom is 0.354 e. The summed E-state index contributed by atoms with van der Waals surface area (Å²) in [7, 11) is 0. The third kappa shape index (κ3) is 1.38. The lowest BCUT2D eigenvalue weighted by molar-refractivity contribution is 0.0689. The van der Waals surface area contributed by atoms with Crippen molar-refractivity contribution in [2.24, 2.45) is 0 Å². The van der Waals surface area contributed by atoms with Gasteiger partial charge in [-0.15, -0.1) is 0 Å². The predicted molar refractivity (Wildman–Crippen MR) is 45.7 cm³/mol. The quantitative estimate of drug-likeness (QED) is 0.699. The molecular formula is C9H7NO3. The van der Waals surface area contributed by atoms with Crippen molar-refractivity contribution in [3.8, 4) is 5.88 Å². The van der Waals surface area contributed by atoms with Gasteiger partial charge in [0.1, 0.15) is 6.61 Å². The summed E-state index contributed by atoms with van der Waals surface area (Å²) < 4.78 is 5.15. The molecule has 0 aromatic carbocycles. The molecule has 1 aliphatic heterocycles.